The maximum absolute atomic E-state index is 13.5. The van der Waals surface area contributed by atoms with E-state index in [0.29, 0.717) is 32.7 Å². The number of alkyl halides is 3. The Morgan fingerprint density at radius 3 is 2.22 bits per heavy atom. The van der Waals surface area contributed by atoms with Crippen LogP contribution in [0.3, 0.4) is 0 Å². The first kappa shape index (κ1) is 27.8. The molecule has 1 aromatic heterocycles. The lowest BCUT2D eigenvalue weighted by Crippen LogP contribution is -2.52. The van der Waals surface area contributed by atoms with Gasteiger partial charge in [0.05, 0.1) is 23.1 Å². The van der Waals surface area contributed by atoms with E-state index >= 15 is 0 Å². The molecule has 214 valence electrons. The number of imidazole rings is 1. The van der Waals surface area contributed by atoms with Crippen LogP contribution in [0, 0.1) is 5.92 Å². The quantitative estimate of drug-likeness (QED) is 0.259. The van der Waals surface area contributed by atoms with Crippen molar-refractivity contribution in [2.75, 3.05) is 44.2 Å². The van der Waals surface area contributed by atoms with Crippen molar-refractivity contribution >= 4 is 38.6 Å². The molecule has 4 aromatic rings. The molecule has 2 aliphatic rings. The number of amides is 1. The maximum Gasteiger partial charge on any atom is 0.418 e. The molecule has 0 N–H and O–H groups in total. The minimum Gasteiger partial charge on any atom is -0.367 e. The Bertz CT molecular complexity index is 1520. The molecule has 1 amide bonds. The molecule has 2 saturated heterocycles. The molecule has 0 saturated carbocycles. The number of piperidine rings is 1. The number of carbonyl (C=O) groups excluding carboxylic acids is 1. The summed E-state index contributed by atoms with van der Waals surface area (Å²) in [6.45, 7) is 3.92. The summed E-state index contributed by atoms with van der Waals surface area (Å²) in [5.74, 6) is 1.02. The fourth-order valence-corrected chi connectivity index (χ4v) is 6.28. The van der Waals surface area contributed by atoms with E-state index < -0.39 is 11.7 Å². The fraction of sp³-hybridized carbons (Fsp3) is 0.355. The molecule has 0 unspecified atom stereocenters. The Hall–Kier alpha value is -3.37. The smallest absolute Gasteiger partial charge is 0.367 e. The first-order valence-electron chi connectivity index (χ1n) is 13.9. The zero-order valence-corrected chi connectivity index (χ0v) is 24.1. The lowest BCUT2D eigenvalue weighted by atomic mass is 9.95. The SMILES string of the molecule is O=C(C1CCN(Cc2nc3ccccc3n2-c2ccc(Br)cc2)CC1)N1CCN(c2ccccc2C(F)(F)F)CC1. The van der Waals surface area contributed by atoms with Gasteiger partial charge in [-0.3, -0.25) is 14.3 Å². The van der Waals surface area contributed by atoms with Crippen LogP contribution >= 0.6 is 15.9 Å². The highest BCUT2D eigenvalue weighted by Gasteiger charge is 2.36. The molecule has 0 radical (unpaired) electrons. The Labute approximate surface area is 245 Å². The van der Waals surface area contributed by atoms with Gasteiger partial charge >= 0.3 is 6.18 Å². The van der Waals surface area contributed by atoms with Gasteiger partial charge in [0.25, 0.3) is 0 Å². The van der Waals surface area contributed by atoms with Crippen molar-refractivity contribution in [2.24, 2.45) is 5.92 Å². The molecule has 3 aromatic carbocycles. The van der Waals surface area contributed by atoms with Crippen LogP contribution in [0.25, 0.3) is 16.7 Å². The van der Waals surface area contributed by atoms with E-state index in [0.717, 1.165) is 59.0 Å². The Balaban J connectivity index is 1.07. The summed E-state index contributed by atoms with van der Waals surface area (Å²) < 4.78 is 43.7. The normalized spacial score (nSPS) is 17.4. The van der Waals surface area contributed by atoms with E-state index in [-0.39, 0.29) is 17.5 Å². The van der Waals surface area contributed by atoms with E-state index in [4.69, 9.17) is 4.98 Å². The third-order valence-corrected chi connectivity index (χ3v) is 8.69. The fourth-order valence-electron chi connectivity index (χ4n) is 6.01. The van der Waals surface area contributed by atoms with Crippen molar-refractivity contribution in [3.63, 3.8) is 0 Å². The molecule has 0 spiro atoms. The number of nitrogens with zero attached hydrogens (tertiary/aromatic N) is 5. The number of benzene rings is 3. The van der Waals surface area contributed by atoms with Gasteiger partial charge in [-0.25, -0.2) is 4.98 Å². The summed E-state index contributed by atoms with van der Waals surface area (Å²) in [5, 5.41) is 0. The van der Waals surface area contributed by atoms with Gasteiger partial charge in [-0.15, -0.1) is 0 Å². The average molecular weight is 627 g/mol. The average Bonchev–Trinajstić information content (AvgIpc) is 3.35. The topological polar surface area (TPSA) is 44.6 Å². The van der Waals surface area contributed by atoms with Crippen molar-refractivity contribution in [2.45, 2.75) is 25.6 Å². The summed E-state index contributed by atoms with van der Waals surface area (Å²) in [4.78, 5) is 24.2. The standard InChI is InChI=1S/C31H31BrF3N5O/c32-23-9-11-24(12-10-23)40-28-8-4-2-6-26(28)36-29(40)21-37-15-13-22(14-16-37)30(41)39-19-17-38(18-20-39)27-7-3-1-5-25(27)31(33,34)35/h1-12,22H,13-21H2. The molecule has 41 heavy (non-hydrogen) atoms. The van der Waals surface area contributed by atoms with Gasteiger partial charge in [-0.1, -0.05) is 40.2 Å². The first-order chi connectivity index (χ1) is 19.8. The summed E-state index contributed by atoms with van der Waals surface area (Å²) in [7, 11) is 0. The lowest BCUT2D eigenvalue weighted by Gasteiger charge is -2.40. The predicted molar refractivity (Wildman–Crippen MR) is 157 cm³/mol. The summed E-state index contributed by atoms with van der Waals surface area (Å²) >= 11 is 3.52. The number of hydrogen-bond donors (Lipinski definition) is 0. The second-order valence-electron chi connectivity index (χ2n) is 10.7. The monoisotopic (exact) mass is 625 g/mol. The van der Waals surface area contributed by atoms with Crippen molar-refractivity contribution < 1.29 is 18.0 Å². The van der Waals surface area contributed by atoms with Gasteiger partial charge in [0.15, 0.2) is 0 Å². The van der Waals surface area contributed by atoms with Crippen molar-refractivity contribution in [3.05, 3.63) is 88.7 Å². The highest BCUT2D eigenvalue weighted by molar-refractivity contribution is 9.10. The maximum atomic E-state index is 13.5. The summed E-state index contributed by atoms with van der Waals surface area (Å²) in [5.41, 5.74) is 2.63. The van der Waals surface area contributed by atoms with Crippen molar-refractivity contribution in [3.8, 4) is 5.69 Å². The number of likely N-dealkylation sites (tertiary alicyclic amines) is 1. The number of halogens is 4. The van der Waals surface area contributed by atoms with Gasteiger partial charge in [0.1, 0.15) is 5.82 Å². The zero-order valence-electron chi connectivity index (χ0n) is 22.5. The minimum absolute atomic E-state index is 0.0643. The number of para-hydroxylation sites is 3. The Morgan fingerprint density at radius 1 is 0.854 bits per heavy atom. The molecule has 3 heterocycles. The number of aromatic nitrogens is 2. The number of hydrogen-bond acceptors (Lipinski definition) is 4. The van der Waals surface area contributed by atoms with Crippen LogP contribution in [-0.4, -0.2) is 64.5 Å². The minimum atomic E-state index is -4.40. The van der Waals surface area contributed by atoms with Gasteiger partial charge in [0.2, 0.25) is 5.91 Å². The van der Waals surface area contributed by atoms with Gasteiger partial charge in [0, 0.05) is 47.9 Å². The molecule has 6 rings (SSSR count). The van der Waals surface area contributed by atoms with Crippen molar-refractivity contribution in [1.29, 1.82) is 0 Å². The molecular weight excluding hydrogens is 595 g/mol. The second-order valence-corrected chi connectivity index (χ2v) is 11.6. The van der Waals surface area contributed by atoms with Gasteiger partial charge in [-0.2, -0.15) is 13.2 Å². The van der Waals surface area contributed by atoms with Crippen LogP contribution in [0.5, 0.6) is 0 Å². The van der Waals surface area contributed by atoms with Crippen LogP contribution in [0.1, 0.15) is 24.2 Å². The van der Waals surface area contributed by atoms with Gasteiger partial charge in [-0.05, 0) is 74.5 Å². The number of rotatable bonds is 5. The third kappa shape index (κ3) is 5.85. The number of fused-ring (bicyclic) bond motifs is 1. The molecule has 2 fully saturated rings. The van der Waals surface area contributed by atoms with Crippen LogP contribution in [-0.2, 0) is 17.5 Å². The van der Waals surface area contributed by atoms with E-state index in [1.165, 1.54) is 12.1 Å². The van der Waals surface area contributed by atoms with E-state index in [2.05, 4.69) is 43.6 Å². The number of anilines is 1. The van der Waals surface area contributed by atoms with E-state index in [9.17, 15) is 18.0 Å². The summed E-state index contributed by atoms with van der Waals surface area (Å²) in [6, 6.07) is 22.0. The molecule has 0 bridgehead atoms. The van der Waals surface area contributed by atoms with Crippen LogP contribution in [0.4, 0.5) is 18.9 Å². The Morgan fingerprint density at radius 2 is 1.51 bits per heavy atom. The molecule has 6 nitrogen and oxygen atoms in total. The number of piperazine rings is 1. The van der Waals surface area contributed by atoms with E-state index in [1.807, 2.05) is 35.2 Å². The van der Waals surface area contributed by atoms with Crippen LogP contribution in [0.2, 0.25) is 0 Å². The van der Waals surface area contributed by atoms with Crippen molar-refractivity contribution in [1.82, 2.24) is 19.4 Å². The van der Waals surface area contributed by atoms with Gasteiger partial charge < -0.3 is 9.80 Å². The molecule has 10 heteroatoms. The van der Waals surface area contributed by atoms with E-state index in [1.54, 1.807) is 11.0 Å². The Kier molecular flexibility index (Phi) is 7.78. The summed E-state index contributed by atoms with van der Waals surface area (Å²) in [6.07, 6.45) is -2.89. The number of carbonyl (C=O) groups is 1. The zero-order chi connectivity index (χ0) is 28.6. The molecule has 0 atom stereocenters. The lowest BCUT2D eigenvalue weighted by molar-refractivity contribution is -0.138. The highest BCUT2D eigenvalue weighted by atomic mass is 79.9. The first-order valence-corrected chi connectivity index (χ1v) is 14.7. The predicted octanol–water partition coefficient (Wildman–Crippen LogP) is 6.37. The van der Waals surface area contributed by atoms with Crippen LogP contribution in [0.15, 0.2) is 77.3 Å². The molecule has 2 aliphatic heterocycles. The highest BCUT2D eigenvalue weighted by Crippen LogP contribution is 2.37. The molecular formula is C31H31BrF3N5O. The molecule has 0 aliphatic carbocycles. The third-order valence-electron chi connectivity index (χ3n) is 8.16. The van der Waals surface area contributed by atoms with Crippen LogP contribution < -0.4 is 4.90 Å². The largest absolute Gasteiger partial charge is 0.418 e. The second kappa shape index (κ2) is 11.5.